The first-order valence-corrected chi connectivity index (χ1v) is 6.61. The van der Waals surface area contributed by atoms with Gasteiger partial charge >= 0.3 is 0 Å². The Balaban J connectivity index is 2.31. The maximum absolute atomic E-state index is 13.4. The number of hydrogen-bond acceptors (Lipinski definition) is 2. The van der Waals surface area contributed by atoms with Crippen LogP contribution in [0.25, 0.3) is 0 Å². The van der Waals surface area contributed by atoms with E-state index in [1.165, 1.54) is 0 Å². The van der Waals surface area contributed by atoms with Crippen LogP contribution in [0, 0.1) is 12.7 Å². The fourth-order valence-corrected chi connectivity index (χ4v) is 1.71. The van der Waals surface area contributed by atoms with E-state index in [0.717, 1.165) is 25.1 Å². The smallest absolute Gasteiger partial charge is 0.126 e. The van der Waals surface area contributed by atoms with Gasteiger partial charge in [-0.2, -0.15) is 0 Å². The van der Waals surface area contributed by atoms with Gasteiger partial charge in [0.2, 0.25) is 0 Å². The molecule has 0 bridgehead atoms. The predicted octanol–water partition coefficient (Wildman–Crippen LogP) is 3.60. The molecule has 0 amide bonds. The molecule has 0 aliphatic heterocycles. The molecular formula is C15H24FNO. The molecule has 1 unspecified atom stereocenters. The van der Waals surface area contributed by atoms with Crippen molar-refractivity contribution in [3.63, 3.8) is 0 Å². The summed E-state index contributed by atoms with van der Waals surface area (Å²) in [5.74, 6) is -0.135. The minimum atomic E-state index is -0.135. The lowest BCUT2D eigenvalue weighted by Crippen LogP contribution is -2.21. The van der Waals surface area contributed by atoms with Crippen LogP contribution in [0.5, 0.6) is 0 Å². The summed E-state index contributed by atoms with van der Waals surface area (Å²) < 4.78 is 18.9. The predicted molar refractivity (Wildman–Crippen MR) is 73.3 cm³/mol. The van der Waals surface area contributed by atoms with Crippen LogP contribution in [-0.2, 0) is 4.74 Å². The maximum atomic E-state index is 13.4. The molecule has 0 heterocycles. The third kappa shape index (κ3) is 5.15. The summed E-state index contributed by atoms with van der Waals surface area (Å²) >= 11 is 0. The third-order valence-electron chi connectivity index (χ3n) is 2.92. The molecule has 102 valence electrons. The highest BCUT2D eigenvalue weighted by atomic mass is 19.1. The lowest BCUT2D eigenvalue weighted by atomic mass is 10.1. The van der Waals surface area contributed by atoms with Gasteiger partial charge in [-0.05, 0) is 57.9 Å². The van der Waals surface area contributed by atoms with Gasteiger partial charge in [-0.25, -0.2) is 4.39 Å². The molecule has 1 rings (SSSR count). The van der Waals surface area contributed by atoms with Gasteiger partial charge in [-0.1, -0.05) is 12.1 Å². The molecule has 0 radical (unpaired) electrons. The van der Waals surface area contributed by atoms with E-state index in [0.29, 0.717) is 5.56 Å². The van der Waals surface area contributed by atoms with Crippen LogP contribution in [0.3, 0.4) is 0 Å². The van der Waals surface area contributed by atoms with E-state index in [1.54, 1.807) is 13.0 Å². The van der Waals surface area contributed by atoms with Crippen molar-refractivity contribution in [2.45, 2.75) is 46.3 Å². The van der Waals surface area contributed by atoms with Crippen LogP contribution in [0.2, 0.25) is 0 Å². The molecule has 0 aliphatic rings. The van der Waals surface area contributed by atoms with E-state index in [-0.39, 0.29) is 18.0 Å². The minimum Gasteiger partial charge on any atom is -0.379 e. The van der Waals surface area contributed by atoms with Gasteiger partial charge < -0.3 is 10.1 Å². The van der Waals surface area contributed by atoms with Crippen molar-refractivity contribution in [1.29, 1.82) is 0 Å². The Morgan fingerprint density at radius 3 is 2.61 bits per heavy atom. The summed E-state index contributed by atoms with van der Waals surface area (Å²) in [6.07, 6.45) is 1.25. The van der Waals surface area contributed by atoms with E-state index in [1.807, 2.05) is 32.9 Å². The van der Waals surface area contributed by atoms with Gasteiger partial charge in [0.25, 0.3) is 0 Å². The molecule has 0 fully saturated rings. The van der Waals surface area contributed by atoms with E-state index in [4.69, 9.17) is 4.74 Å². The highest BCUT2D eigenvalue weighted by Gasteiger charge is 2.06. The van der Waals surface area contributed by atoms with E-state index in [9.17, 15) is 4.39 Å². The summed E-state index contributed by atoms with van der Waals surface area (Å²) in [7, 11) is 0. The number of benzene rings is 1. The Kier molecular flexibility index (Phi) is 6.30. The second-order valence-corrected chi connectivity index (χ2v) is 4.96. The van der Waals surface area contributed by atoms with Gasteiger partial charge in [-0.3, -0.25) is 0 Å². The maximum Gasteiger partial charge on any atom is 0.126 e. The first-order valence-electron chi connectivity index (χ1n) is 6.61. The van der Waals surface area contributed by atoms with Crippen LogP contribution in [0.15, 0.2) is 18.2 Å². The Bertz CT molecular complexity index is 366. The number of hydrogen-bond donors (Lipinski definition) is 1. The monoisotopic (exact) mass is 253 g/mol. The Hall–Kier alpha value is -0.930. The average molecular weight is 253 g/mol. The second kappa shape index (κ2) is 7.49. The van der Waals surface area contributed by atoms with Gasteiger partial charge in [0.05, 0.1) is 6.10 Å². The molecular weight excluding hydrogens is 229 g/mol. The molecule has 2 nitrogen and oxygen atoms in total. The molecule has 0 aliphatic carbocycles. The van der Waals surface area contributed by atoms with Gasteiger partial charge in [0.1, 0.15) is 5.82 Å². The topological polar surface area (TPSA) is 21.3 Å². The minimum absolute atomic E-state index is 0.135. The summed E-state index contributed by atoms with van der Waals surface area (Å²) in [5, 5.41) is 3.37. The molecule has 0 aromatic heterocycles. The van der Waals surface area contributed by atoms with Crippen molar-refractivity contribution in [2.24, 2.45) is 0 Å². The number of halogens is 1. The van der Waals surface area contributed by atoms with Crippen molar-refractivity contribution < 1.29 is 9.13 Å². The lowest BCUT2D eigenvalue weighted by Gasteiger charge is -2.15. The molecule has 3 heteroatoms. The first kappa shape index (κ1) is 15.1. The van der Waals surface area contributed by atoms with Crippen molar-refractivity contribution in [2.75, 3.05) is 13.2 Å². The van der Waals surface area contributed by atoms with Gasteiger partial charge in [-0.15, -0.1) is 0 Å². The lowest BCUT2D eigenvalue weighted by molar-refractivity contribution is 0.0768. The first-order chi connectivity index (χ1) is 8.50. The van der Waals surface area contributed by atoms with E-state index < -0.39 is 0 Å². The Morgan fingerprint density at radius 1 is 1.28 bits per heavy atom. The SMILES string of the molecule is Cc1ccc(C(C)NCCCOC(C)C)cc1F. The molecule has 18 heavy (non-hydrogen) atoms. The van der Waals surface area contributed by atoms with Crippen molar-refractivity contribution in [3.8, 4) is 0 Å². The van der Waals surface area contributed by atoms with Gasteiger partial charge in [0, 0.05) is 12.6 Å². The molecule has 1 atom stereocenters. The zero-order chi connectivity index (χ0) is 13.5. The fraction of sp³-hybridized carbons (Fsp3) is 0.600. The normalized spacial score (nSPS) is 13.0. The Morgan fingerprint density at radius 2 is 2.00 bits per heavy atom. The molecule has 1 aromatic rings. The molecule has 1 aromatic carbocycles. The second-order valence-electron chi connectivity index (χ2n) is 4.96. The zero-order valence-corrected chi connectivity index (χ0v) is 11.8. The fourth-order valence-electron chi connectivity index (χ4n) is 1.71. The standard InChI is InChI=1S/C15H24FNO/c1-11(2)18-9-5-8-17-13(4)14-7-6-12(3)15(16)10-14/h6-7,10-11,13,17H,5,8-9H2,1-4H3. The Labute approximate surface area is 110 Å². The van der Waals surface area contributed by atoms with Crippen LogP contribution >= 0.6 is 0 Å². The molecule has 0 spiro atoms. The summed E-state index contributed by atoms with van der Waals surface area (Å²) in [5.41, 5.74) is 1.68. The number of aryl methyl sites for hydroxylation is 1. The van der Waals surface area contributed by atoms with Crippen LogP contribution < -0.4 is 5.32 Å². The van der Waals surface area contributed by atoms with Crippen LogP contribution in [0.1, 0.15) is 44.4 Å². The number of nitrogens with one attached hydrogen (secondary N) is 1. The number of ether oxygens (including phenoxy) is 1. The molecule has 0 saturated carbocycles. The molecule has 0 saturated heterocycles. The highest BCUT2D eigenvalue weighted by molar-refractivity contribution is 5.25. The summed E-state index contributed by atoms with van der Waals surface area (Å²) in [4.78, 5) is 0. The quantitative estimate of drug-likeness (QED) is 0.750. The van der Waals surface area contributed by atoms with E-state index >= 15 is 0 Å². The van der Waals surface area contributed by atoms with Crippen LogP contribution in [-0.4, -0.2) is 19.3 Å². The summed E-state index contributed by atoms with van der Waals surface area (Å²) in [6, 6.07) is 5.57. The third-order valence-corrected chi connectivity index (χ3v) is 2.92. The average Bonchev–Trinajstić information content (AvgIpc) is 2.31. The highest BCUT2D eigenvalue weighted by Crippen LogP contribution is 2.16. The van der Waals surface area contributed by atoms with Crippen LogP contribution in [0.4, 0.5) is 4.39 Å². The van der Waals surface area contributed by atoms with Gasteiger partial charge in [0.15, 0.2) is 0 Å². The van der Waals surface area contributed by atoms with Crippen molar-refractivity contribution in [1.82, 2.24) is 5.32 Å². The van der Waals surface area contributed by atoms with E-state index in [2.05, 4.69) is 5.32 Å². The largest absolute Gasteiger partial charge is 0.379 e. The van der Waals surface area contributed by atoms with Crippen molar-refractivity contribution >= 4 is 0 Å². The molecule has 1 N–H and O–H groups in total. The summed E-state index contributed by atoms with van der Waals surface area (Å²) in [6.45, 7) is 9.53. The number of rotatable bonds is 7. The zero-order valence-electron chi connectivity index (χ0n) is 11.8. The van der Waals surface area contributed by atoms with Crippen molar-refractivity contribution in [3.05, 3.63) is 35.1 Å².